The van der Waals surface area contributed by atoms with Gasteiger partial charge >= 0.3 is 6.03 Å². The molecule has 0 bridgehead atoms. The summed E-state index contributed by atoms with van der Waals surface area (Å²) in [6, 6.07) is 8.09. The highest BCUT2D eigenvalue weighted by atomic mass is 32.2. The Morgan fingerprint density at radius 2 is 2.12 bits per heavy atom. The van der Waals surface area contributed by atoms with Crippen molar-refractivity contribution in [1.82, 2.24) is 9.38 Å². The first-order chi connectivity index (χ1) is 11.6. The van der Waals surface area contributed by atoms with Gasteiger partial charge in [-0.3, -0.25) is 4.79 Å². The maximum absolute atomic E-state index is 13.2. The quantitative estimate of drug-likeness (QED) is 0.806. The van der Waals surface area contributed by atoms with Crippen LogP contribution in [0.5, 0.6) is 0 Å². The lowest BCUT2D eigenvalue weighted by molar-refractivity contribution is -0.126. The lowest BCUT2D eigenvalue weighted by Crippen LogP contribution is -2.69. The third-order valence-electron chi connectivity index (χ3n) is 4.46. The molecule has 0 saturated carbocycles. The molecule has 2 aliphatic heterocycles. The van der Waals surface area contributed by atoms with Crippen LogP contribution >= 0.6 is 11.8 Å². The summed E-state index contributed by atoms with van der Waals surface area (Å²) in [7, 11) is 1.91. The molecule has 3 rings (SSSR count). The Kier molecular flexibility index (Phi) is 4.88. The van der Waals surface area contributed by atoms with Crippen molar-refractivity contribution in [2.45, 2.75) is 6.04 Å². The van der Waals surface area contributed by atoms with Crippen LogP contribution in [0.1, 0.15) is 0 Å². The minimum atomic E-state index is -0.783. The van der Waals surface area contributed by atoms with E-state index in [4.69, 9.17) is 10.5 Å². The Bertz CT molecular complexity index is 667. The summed E-state index contributed by atoms with van der Waals surface area (Å²) in [6.45, 7) is 1.67. The van der Waals surface area contributed by atoms with Gasteiger partial charge in [0.15, 0.2) is 5.17 Å². The Labute approximate surface area is 145 Å². The number of morpholine rings is 1. The average molecular weight is 349 g/mol. The van der Waals surface area contributed by atoms with E-state index in [9.17, 15) is 9.59 Å². The molecule has 1 aromatic rings. The third kappa shape index (κ3) is 2.92. The van der Waals surface area contributed by atoms with Gasteiger partial charge in [-0.2, -0.15) is 4.48 Å². The van der Waals surface area contributed by atoms with Gasteiger partial charge in [0.05, 0.1) is 6.61 Å². The zero-order valence-corrected chi connectivity index (χ0v) is 14.4. The molecule has 7 nitrogen and oxygen atoms in total. The molecule has 8 heteroatoms. The highest BCUT2D eigenvalue weighted by Crippen LogP contribution is 2.31. The van der Waals surface area contributed by atoms with E-state index in [0.717, 1.165) is 12.3 Å². The van der Waals surface area contributed by atoms with Crippen LogP contribution in [-0.2, 0) is 9.53 Å². The fourth-order valence-electron chi connectivity index (χ4n) is 3.10. The predicted octanol–water partition coefficient (Wildman–Crippen LogP) is 1.03. The SMILES string of the molecule is CN1CCSC1=NC(=O)[N+]1(c2ccccc2)CCOCC1C(N)=O. The standard InChI is InChI=1S/C16H20N4O3S/c1-19-7-10-24-15(19)18-16(22)20(12-5-3-2-4-6-12)8-9-23-11-13(20)14(17)21/h2-6,13H,7-11H2,1H3,(H-,17,21)/p+1. The number of nitrogens with two attached hydrogens (primary N) is 1. The summed E-state index contributed by atoms with van der Waals surface area (Å²) in [6.07, 6.45) is 0. The smallest absolute Gasteiger partial charge is 0.369 e. The van der Waals surface area contributed by atoms with Crippen molar-refractivity contribution in [2.75, 3.05) is 39.1 Å². The molecule has 0 aromatic heterocycles. The molecule has 2 saturated heterocycles. The number of hydrogen-bond donors (Lipinski definition) is 1. The molecule has 2 unspecified atom stereocenters. The lowest BCUT2D eigenvalue weighted by Gasteiger charge is -2.41. The van der Waals surface area contributed by atoms with Crippen molar-refractivity contribution in [3.63, 3.8) is 0 Å². The van der Waals surface area contributed by atoms with Crippen LogP contribution < -0.4 is 10.2 Å². The minimum absolute atomic E-state index is 0.115. The van der Waals surface area contributed by atoms with E-state index in [0.29, 0.717) is 24.0 Å². The second kappa shape index (κ2) is 6.92. The number of nitrogens with zero attached hydrogens (tertiary/aromatic N) is 3. The van der Waals surface area contributed by atoms with Crippen LogP contribution in [0.25, 0.3) is 0 Å². The fourth-order valence-corrected chi connectivity index (χ4v) is 4.10. The van der Waals surface area contributed by atoms with Crippen molar-refractivity contribution in [3.05, 3.63) is 30.3 Å². The van der Waals surface area contributed by atoms with Gasteiger partial charge in [-0.05, 0) is 12.1 Å². The van der Waals surface area contributed by atoms with Crippen molar-refractivity contribution in [3.8, 4) is 0 Å². The summed E-state index contributed by atoms with van der Waals surface area (Å²) in [5.74, 6) is 0.343. The number of aliphatic imine (C=N–C) groups is 1. The number of rotatable bonds is 2. The number of para-hydroxylation sites is 1. The van der Waals surface area contributed by atoms with E-state index >= 15 is 0 Å². The number of quaternary nitrogens is 1. The van der Waals surface area contributed by atoms with E-state index < -0.39 is 11.9 Å². The number of amides is 3. The highest BCUT2D eigenvalue weighted by Gasteiger charge is 2.52. The molecule has 2 atom stereocenters. The first kappa shape index (κ1) is 16.9. The fraction of sp³-hybridized carbons (Fsp3) is 0.438. The van der Waals surface area contributed by atoms with Crippen LogP contribution in [0.3, 0.4) is 0 Å². The minimum Gasteiger partial charge on any atom is -0.369 e. The highest BCUT2D eigenvalue weighted by molar-refractivity contribution is 8.14. The average Bonchev–Trinajstić information content (AvgIpc) is 3.00. The van der Waals surface area contributed by atoms with Crippen LogP contribution in [0, 0.1) is 0 Å². The Morgan fingerprint density at radius 1 is 1.38 bits per heavy atom. The summed E-state index contributed by atoms with van der Waals surface area (Å²) in [4.78, 5) is 31.6. The monoisotopic (exact) mass is 349 g/mol. The summed E-state index contributed by atoms with van der Waals surface area (Å²) in [5.41, 5.74) is 6.32. The zero-order chi connectivity index (χ0) is 17.2. The van der Waals surface area contributed by atoms with E-state index in [2.05, 4.69) is 4.99 Å². The van der Waals surface area contributed by atoms with Gasteiger partial charge < -0.3 is 15.4 Å². The Hall–Kier alpha value is -1.90. The summed E-state index contributed by atoms with van der Waals surface area (Å²) < 4.78 is 5.21. The Morgan fingerprint density at radius 3 is 2.75 bits per heavy atom. The van der Waals surface area contributed by atoms with Gasteiger partial charge in [-0.1, -0.05) is 30.0 Å². The maximum atomic E-state index is 13.2. The molecule has 2 heterocycles. The molecule has 1 aromatic carbocycles. The molecule has 2 fully saturated rings. The van der Waals surface area contributed by atoms with Crippen LogP contribution in [0.4, 0.5) is 10.5 Å². The van der Waals surface area contributed by atoms with E-state index in [1.54, 1.807) is 11.8 Å². The molecular weight excluding hydrogens is 328 g/mol. The van der Waals surface area contributed by atoms with E-state index in [1.165, 1.54) is 0 Å². The molecule has 24 heavy (non-hydrogen) atoms. The Balaban J connectivity index is 2.08. The molecule has 0 aliphatic carbocycles. The predicted molar refractivity (Wildman–Crippen MR) is 94.8 cm³/mol. The molecule has 3 amide bonds. The van der Waals surface area contributed by atoms with Gasteiger partial charge in [-0.15, -0.1) is 4.99 Å². The number of benzene rings is 1. The maximum Gasteiger partial charge on any atom is 0.450 e. The van der Waals surface area contributed by atoms with Crippen LogP contribution in [0.2, 0.25) is 0 Å². The molecular formula is C16H21N4O3S+. The molecule has 0 radical (unpaired) electrons. The number of amidine groups is 1. The number of thioether (sulfide) groups is 1. The first-order valence-corrected chi connectivity index (χ1v) is 8.82. The normalized spacial score (nSPS) is 29.0. The second-order valence-electron chi connectivity index (χ2n) is 5.87. The first-order valence-electron chi connectivity index (χ1n) is 7.83. The number of hydrogen-bond acceptors (Lipinski definition) is 4. The van der Waals surface area contributed by atoms with E-state index in [1.807, 2.05) is 42.3 Å². The van der Waals surface area contributed by atoms with Crippen molar-refractivity contribution in [1.29, 1.82) is 0 Å². The van der Waals surface area contributed by atoms with Crippen molar-refractivity contribution in [2.24, 2.45) is 10.7 Å². The van der Waals surface area contributed by atoms with Gasteiger partial charge in [0.25, 0.3) is 5.91 Å². The van der Waals surface area contributed by atoms with Gasteiger partial charge in [0.2, 0.25) is 6.04 Å². The molecule has 2 N–H and O–H groups in total. The van der Waals surface area contributed by atoms with Crippen molar-refractivity contribution < 1.29 is 14.3 Å². The number of urea groups is 1. The van der Waals surface area contributed by atoms with Gasteiger partial charge in [0, 0.05) is 19.3 Å². The topological polar surface area (TPSA) is 85.0 Å². The van der Waals surface area contributed by atoms with Gasteiger partial charge in [-0.25, -0.2) is 4.79 Å². The number of carbonyl (C=O) groups excluding carboxylic acids is 2. The molecule has 128 valence electrons. The number of ether oxygens (including phenoxy) is 1. The molecule has 0 spiro atoms. The lowest BCUT2D eigenvalue weighted by atomic mass is 10.1. The number of primary amides is 1. The summed E-state index contributed by atoms with van der Waals surface area (Å²) >= 11 is 1.54. The largest absolute Gasteiger partial charge is 0.450 e. The van der Waals surface area contributed by atoms with Crippen molar-refractivity contribution >= 4 is 34.6 Å². The zero-order valence-electron chi connectivity index (χ0n) is 13.6. The summed E-state index contributed by atoms with van der Waals surface area (Å²) in [5, 5.41) is 0.683. The third-order valence-corrected chi connectivity index (χ3v) is 5.51. The van der Waals surface area contributed by atoms with E-state index in [-0.39, 0.29) is 17.1 Å². The number of carbonyl (C=O) groups is 2. The van der Waals surface area contributed by atoms with Gasteiger partial charge in [0.1, 0.15) is 18.8 Å². The second-order valence-corrected chi connectivity index (χ2v) is 6.93. The molecule has 2 aliphatic rings. The van der Waals surface area contributed by atoms with Crippen LogP contribution in [0.15, 0.2) is 35.3 Å². The van der Waals surface area contributed by atoms with Crippen LogP contribution in [-0.4, -0.2) is 67.2 Å².